The summed E-state index contributed by atoms with van der Waals surface area (Å²) in [5.74, 6) is 0.0240. The molecule has 0 N–H and O–H groups in total. The maximum absolute atomic E-state index is 13.8. The summed E-state index contributed by atoms with van der Waals surface area (Å²) >= 11 is 0. The van der Waals surface area contributed by atoms with Crippen molar-refractivity contribution >= 4 is 5.91 Å². The zero-order valence-corrected chi connectivity index (χ0v) is 13.3. The minimum absolute atomic E-state index is 0.0549. The topological polar surface area (TPSA) is 72.1 Å². The molecule has 3 aromatic rings. The number of carbonyl (C=O) groups is 1. The van der Waals surface area contributed by atoms with E-state index < -0.39 is 5.82 Å². The number of nitrogens with zero attached hydrogens (tertiary/aromatic N) is 4. The van der Waals surface area contributed by atoms with Crippen molar-refractivity contribution in [3.05, 3.63) is 65.9 Å². The molecule has 0 unspecified atom stereocenters. The van der Waals surface area contributed by atoms with Crippen molar-refractivity contribution in [2.45, 2.75) is 12.3 Å². The molecule has 25 heavy (non-hydrogen) atoms. The Labute approximate surface area is 143 Å². The molecule has 0 radical (unpaired) electrons. The Hall–Kier alpha value is -3.09. The fourth-order valence-corrected chi connectivity index (χ4v) is 2.95. The number of pyridine rings is 1. The SMILES string of the molecule is O=C(c1ccccc1F)N1CC[C@@H](c2nc(-c3ccccn3)no2)C1. The standard InChI is InChI=1S/C18H15FN4O2/c19-14-6-2-1-5-13(14)18(24)23-10-8-12(11-23)17-21-16(22-25-17)15-7-3-4-9-20-15/h1-7,9,12H,8,10-11H2/t12-/m1/s1. The Morgan fingerprint density at radius 1 is 1.20 bits per heavy atom. The number of amides is 1. The molecule has 6 nitrogen and oxygen atoms in total. The van der Waals surface area contributed by atoms with E-state index in [9.17, 15) is 9.18 Å². The molecule has 4 rings (SSSR count). The van der Waals surface area contributed by atoms with Gasteiger partial charge in [-0.15, -0.1) is 0 Å². The molecule has 2 aromatic heterocycles. The largest absolute Gasteiger partial charge is 0.339 e. The van der Waals surface area contributed by atoms with Gasteiger partial charge in [0.25, 0.3) is 5.91 Å². The van der Waals surface area contributed by atoms with Crippen LogP contribution in [-0.4, -0.2) is 39.0 Å². The molecule has 1 aromatic carbocycles. The molecule has 126 valence electrons. The van der Waals surface area contributed by atoms with Crippen LogP contribution in [0.5, 0.6) is 0 Å². The van der Waals surface area contributed by atoms with Gasteiger partial charge < -0.3 is 9.42 Å². The number of hydrogen-bond donors (Lipinski definition) is 0. The van der Waals surface area contributed by atoms with E-state index in [1.54, 1.807) is 29.3 Å². The smallest absolute Gasteiger partial charge is 0.256 e. The summed E-state index contributed by atoms with van der Waals surface area (Å²) in [6.45, 7) is 0.955. The second-order valence-corrected chi connectivity index (χ2v) is 5.89. The van der Waals surface area contributed by atoms with Crippen LogP contribution in [-0.2, 0) is 0 Å². The first-order valence-electron chi connectivity index (χ1n) is 8.01. The average molecular weight is 338 g/mol. The minimum atomic E-state index is -0.508. The Balaban J connectivity index is 1.49. The van der Waals surface area contributed by atoms with Gasteiger partial charge in [0.15, 0.2) is 0 Å². The van der Waals surface area contributed by atoms with Gasteiger partial charge in [0.2, 0.25) is 11.7 Å². The molecule has 0 bridgehead atoms. The third-order valence-electron chi connectivity index (χ3n) is 4.26. The lowest BCUT2D eigenvalue weighted by molar-refractivity contribution is 0.0785. The normalized spacial score (nSPS) is 17.0. The maximum Gasteiger partial charge on any atom is 0.256 e. The first-order chi connectivity index (χ1) is 12.2. The zero-order valence-electron chi connectivity index (χ0n) is 13.3. The second kappa shape index (κ2) is 6.43. The summed E-state index contributed by atoms with van der Waals surface area (Å²) in [5, 5.41) is 3.96. The monoisotopic (exact) mass is 338 g/mol. The summed E-state index contributed by atoms with van der Waals surface area (Å²) in [5.41, 5.74) is 0.720. The molecule has 0 saturated carbocycles. The summed E-state index contributed by atoms with van der Waals surface area (Å²) in [6.07, 6.45) is 2.36. The van der Waals surface area contributed by atoms with Gasteiger partial charge >= 0.3 is 0 Å². The summed E-state index contributed by atoms with van der Waals surface area (Å²) < 4.78 is 19.2. The number of aromatic nitrogens is 3. The number of benzene rings is 1. The average Bonchev–Trinajstić information content (AvgIpc) is 3.32. The molecule has 1 aliphatic heterocycles. The van der Waals surface area contributed by atoms with Gasteiger partial charge in [-0.25, -0.2) is 4.39 Å². The molecule has 1 fully saturated rings. The summed E-state index contributed by atoms with van der Waals surface area (Å²) in [6, 6.07) is 11.5. The fourth-order valence-electron chi connectivity index (χ4n) is 2.95. The van der Waals surface area contributed by atoms with Crippen LogP contribution in [0.3, 0.4) is 0 Å². The molecule has 1 aliphatic rings. The van der Waals surface area contributed by atoms with Crippen molar-refractivity contribution in [3.8, 4) is 11.5 Å². The highest BCUT2D eigenvalue weighted by Crippen LogP contribution is 2.28. The predicted molar refractivity (Wildman–Crippen MR) is 87.2 cm³/mol. The van der Waals surface area contributed by atoms with Crippen molar-refractivity contribution in [3.63, 3.8) is 0 Å². The number of hydrogen-bond acceptors (Lipinski definition) is 5. The molecule has 0 aliphatic carbocycles. The first-order valence-corrected chi connectivity index (χ1v) is 8.01. The zero-order chi connectivity index (χ0) is 17.2. The van der Waals surface area contributed by atoms with E-state index in [4.69, 9.17) is 4.52 Å². The third-order valence-corrected chi connectivity index (χ3v) is 4.26. The number of carbonyl (C=O) groups excluding carboxylic acids is 1. The van der Waals surface area contributed by atoms with Crippen molar-refractivity contribution in [1.29, 1.82) is 0 Å². The number of halogens is 1. The van der Waals surface area contributed by atoms with Crippen molar-refractivity contribution in [1.82, 2.24) is 20.0 Å². The summed E-state index contributed by atoms with van der Waals surface area (Å²) in [4.78, 5) is 22.7. The van der Waals surface area contributed by atoms with E-state index >= 15 is 0 Å². The molecule has 0 spiro atoms. The third kappa shape index (κ3) is 3.00. The predicted octanol–water partition coefficient (Wildman–Crippen LogP) is 2.90. The fraction of sp³-hybridized carbons (Fsp3) is 0.222. The molecular formula is C18H15FN4O2. The van der Waals surface area contributed by atoms with Crippen LogP contribution in [0.25, 0.3) is 11.5 Å². The highest BCUT2D eigenvalue weighted by molar-refractivity contribution is 5.94. The lowest BCUT2D eigenvalue weighted by Crippen LogP contribution is -2.29. The van der Waals surface area contributed by atoms with Crippen molar-refractivity contribution in [2.75, 3.05) is 13.1 Å². The van der Waals surface area contributed by atoms with Crippen LogP contribution in [0.4, 0.5) is 4.39 Å². The summed E-state index contributed by atoms with van der Waals surface area (Å²) in [7, 11) is 0. The van der Waals surface area contributed by atoms with Crippen molar-refractivity contribution in [2.24, 2.45) is 0 Å². The van der Waals surface area contributed by atoms with Crippen LogP contribution in [0.1, 0.15) is 28.6 Å². The molecular weight excluding hydrogens is 323 g/mol. The van der Waals surface area contributed by atoms with Crippen LogP contribution < -0.4 is 0 Å². The lowest BCUT2D eigenvalue weighted by atomic mass is 10.1. The van der Waals surface area contributed by atoms with Crippen LogP contribution >= 0.6 is 0 Å². The number of likely N-dealkylation sites (tertiary alicyclic amines) is 1. The Kier molecular flexibility index (Phi) is 3.97. The molecule has 1 amide bonds. The van der Waals surface area contributed by atoms with Gasteiger partial charge in [0.05, 0.1) is 11.5 Å². The Morgan fingerprint density at radius 2 is 2.04 bits per heavy atom. The molecule has 1 atom stereocenters. The van der Waals surface area contributed by atoms with Crippen LogP contribution in [0.15, 0.2) is 53.2 Å². The van der Waals surface area contributed by atoms with Crippen molar-refractivity contribution < 1.29 is 13.7 Å². The first kappa shape index (κ1) is 15.4. The van der Waals surface area contributed by atoms with E-state index in [2.05, 4.69) is 15.1 Å². The number of rotatable bonds is 3. The van der Waals surface area contributed by atoms with Gasteiger partial charge in [0, 0.05) is 19.3 Å². The Morgan fingerprint density at radius 3 is 2.84 bits per heavy atom. The van der Waals surface area contributed by atoms with Gasteiger partial charge in [-0.3, -0.25) is 9.78 Å². The van der Waals surface area contributed by atoms with E-state index in [1.165, 1.54) is 12.1 Å². The van der Waals surface area contributed by atoms with E-state index in [0.717, 1.165) is 0 Å². The maximum atomic E-state index is 13.8. The van der Waals surface area contributed by atoms with Gasteiger partial charge in [-0.2, -0.15) is 4.98 Å². The second-order valence-electron chi connectivity index (χ2n) is 5.89. The Bertz CT molecular complexity index is 897. The molecule has 3 heterocycles. The molecule has 7 heteroatoms. The van der Waals surface area contributed by atoms with E-state index in [-0.39, 0.29) is 17.4 Å². The lowest BCUT2D eigenvalue weighted by Gasteiger charge is -2.16. The van der Waals surface area contributed by atoms with Crippen LogP contribution in [0, 0.1) is 5.82 Å². The highest BCUT2D eigenvalue weighted by atomic mass is 19.1. The van der Waals surface area contributed by atoms with Gasteiger partial charge in [-0.1, -0.05) is 23.4 Å². The van der Waals surface area contributed by atoms with Gasteiger partial charge in [0.1, 0.15) is 11.5 Å². The minimum Gasteiger partial charge on any atom is -0.339 e. The van der Waals surface area contributed by atoms with E-state index in [1.807, 2.05) is 12.1 Å². The van der Waals surface area contributed by atoms with Gasteiger partial charge in [-0.05, 0) is 30.7 Å². The van der Waals surface area contributed by atoms with Crippen LogP contribution in [0.2, 0.25) is 0 Å². The molecule has 1 saturated heterocycles. The highest BCUT2D eigenvalue weighted by Gasteiger charge is 2.32. The quantitative estimate of drug-likeness (QED) is 0.734. The van der Waals surface area contributed by atoms with E-state index in [0.29, 0.717) is 36.9 Å².